The number of imide groups is 1. The monoisotopic (exact) mass is 1180 g/mol. The summed E-state index contributed by atoms with van der Waals surface area (Å²) in [4.78, 5) is 68.3. The standard InChI is InChI=1S/C70H74N2O15/c1-70(2,3)87-61(74)39-57-63(78-41-49-26-12-5-13-27-49)67(82-45-53-34-20-9-21-35-53)64(79-42-50-28-14-6-15-29-50)58(86-57)46-83-71-60(73)38-56-62(77-40-48-24-10-4-11-25-48)66(81-44-52-32-18-8-19-33-52)65(80-43-51-30-16-7-17-31-51)59(85-56)47-84-72-68(75)54-36-22-23-37-55(54)69(72)76/h4-37,56-59,62-67H,38-47H2,1-3H3,(H,71,73)/t56-,57-,58-,59-,62+,63+,64-,65-,66-,67-/m1/s1. The Bertz CT molecular complexity index is 3230. The second-order valence-corrected chi connectivity index (χ2v) is 22.6. The number of carbonyl (C=O) groups excluding carboxylic acids is 4. The predicted molar refractivity (Wildman–Crippen MR) is 320 cm³/mol. The molecule has 0 aliphatic carbocycles. The van der Waals surface area contributed by atoms with Crippen LogP contribution in [0.4, 0.5) is 0 Å². The summed E-state index contributed by atoms with van der Waals surface area (Å²) in [5.41, 5.74) is 7.50. The lowest BCUT2D eigenvalue weighted by atomic mass is 9.92. The number of hydrogen-bond acceptors (Lipinski definition) is 15. The number of nitrogens with one attached hydrogen (secondary N) is 1. The quantitative estimate of drug-likeness (QED) is 0.0277. The van der Waals surface area contributed by atoms with Crippen molar-refractivity contribution in [2.24, 2.45) is 0 Å². The van der Waals surface area contributed by atoms with Crippen molar-refractivity contribution in [3.8, 4) is 0 Å². The van der Waals surface area contributed by atoms with Gasteiger partial charge in [0.05, 0.1) is 75.8 Å². The second kappa shape index (κ2) is 30.7. The Morgan fingerprint density at radius 3 is 1.05 bits per heavy atom. The zero-order valence-electron chi connectivity index (χ0n) is 49.0. The van der Waals surface area contributed by atoms with Crippen LogP contribution >= 0.6 is 0 Å². The second-order valence-electron chi connectivity index (χ2n) is 22.6. The molecule has 2 saturated heterocycles. The van der Waals surface area contributed by atoms with Crippen molar-refractivity contribution in [3.63, 3.8) is 0 Å². The molecule has 87 heavy (non-hydrogen) atoms. The van der Waals surface area contributed by atoms with Crippen molar-refractivity contribution >= 4 is 23.7 Å². The van der Waals surface area contributed by atoms with Gasteiger partial charge in [-0.15, -0.1) is 5.06 Å². The molecule has 0 aromatic heterocycles. The Hall–Kier alpha value is -7.78. The number of nitrogens with zero attached hydrogens (tertiary/aromatic N) is 1. The summed E-state index contributed by atoms with van der Waals surface area (Å²) in [6.45, 7) is 5.57. The molecule has 0 unspecified atom stereocenters. The van der Waals surface area contributed by atoms with E-state index >= 15 is 0 Å². The zero-order chi connectivity index (χ0) is 60.4. The van der Waals surface area contributed by atoms with Gasteiger partial charge in [0.2, 0.25) is 5.91 Å². The van der Waals surface area contributed by atoms with Gasteiger partial charge in [-0.25, -0.2) is 5.48 Å². The predicted octanol–water partition coefficient (Wildman–Crippen LogP) is 10.4. The lowest BCUT2D eigenvalue weighted by Gasteiger charge is -2.46. The van der Waals surface area contributed by atoms with E-state index in [1.54, 1.807) is 45.0 Å². The smallest absolute Gasteiger partial charge is 0.309 e. The van der Waals surface area contributed by atoms with Crippen molar-refractivity contribution in [2.45, 2.75) is 140 Å². The van der Waals surface area contributed by atoms with Crippen LogP contribution in [0.2, 0.25) is 0 Å². The van der Waals surface area contributed by atoms with E-state index in [4.69, 9.17) is 52.3 Å². The summed E-state index contributed by atoms with van der Waals surface area (Å²) >= 11 is 0. The topological polar surface area (TPSA) is 185 Å². The Balaban J connectivity index is 0.940. The highest BCUT2D eigenvalue weighted by Gasteiger charge is 2.52. The first-order valence-corrected chi connectivity index (χ1v) is 29.4. The van der Waals surface area contributed by atoms with Crippen molar-refractivity contribution in [1.82, 2.24) is 10.5 Å². The van der Waals surface area contributed by atoms with Crippen molar-refractivity contribution < 1.29 is 71.5 Å². The van der Waals surface area contributed by atoms with Gasteiger partial charge in [0.15, 0.2) is 0 Å². The van der Waals surface area contributed by atoms with Gasteiger partial charge in [0.1, 0.15) is 67.6 Å². The number of benzene rings is 7. The average Bonchev–Trinajstić information content (AvgIpc) is 2.60. The molecular formula is C70H74N2O15. The number of ether oxygens (including phenoxy) is 9. The third-order valence-corrected chi connectivity index (χ3v) is 14.9. The fourth-order valence-electron chi connectivity index (χ4n) is 10.8. The molecule has 17 heteroatoms. The minimum absolute atomic E-state index is 0.105. The third-order valence-electron chi connectivity index (χ3n) is 14.9. The summed E-state index contributed by atoms with van der Waals surface area (Å²) < 4.78 is 60.7. The van der Waals surface area contributed by atoms with Gasteiger partial charge in [-0.2, -0.15) is 0 Å². The molecule has 17 nitrogen and oxygen atoms in total. The molecule has 0 spiro atoms. The molecule has 10 rings (SSSR count). The SMILES string of the molecule is CC(C)(C)OC(=O)C[C@H]1O[C@H](CONC(=O)C[C@H]2O[C@H](CON3C(=O)c4ccccc4C3=O)[C@@H](OCc3ccccc3)[C@H](OCc3ccccc3)[C@H]2OCc2ccccc2)[C@@H](OCc2ccccc2)[C@H](OCc2ccccc2)[C@H]1OCc1ccccc1. The van der Waals surface area contributed by atoms with E-state index < -0.39 is 90.3 Å². The van der Waals surface area contributed by atoms with Crippen molar-refractivity contribution in [1.29, 1.82) is 0 Å². The van der Waals surface area contributed by atoms with Crippen LogP contribution < -0.4 is 5.48 Å². The summed E-state index contributed by atoms with van der Waals surface area (Å²) in [6, 6.07) is 64.3. The molecule has 2 fully saturated rings. The highest BCUT2D eigenvalue weighted by atomic mass is 16.7. The summed E-state index contributed by atoms with van der Waals surface area (Å²) in [5.74, 6) is -2.38. The number of hydroxylamine groups is 3. The molecule has 7 aromatic carbocycles. The maximum absolute atomic E-state index is 14.7. The third kappa shape index (κ3) is 17.5. The molecule has 3 heterocycles. The molecule has 7 aromatic rings. The van der Waals surface area contributed by atoms with E-state index in [9.17, 15) is 19.2 Å². The van der Waals surface area contributed by atoms with Crippen LogP contribution in [-0.4, -0.2) is 109 Å². The molecule has 3 aliphatic heterocycles. The highest BCUT2D eigenvalue weighted by molar-refractivity contribution is 6.20. The van der Waals surface area contributed by atoms with Crippen LogP contribution in [0.15, 0.2) is 206 Å². The summed E-state index contributed by atoms with van der Waals surface area (Å²) in [5, 5.41) is 0.729. The maximum Gasteiger partial charge on any atom is 0.309 e. The van der Waals surface area contributed by atoms with Crippen LogP contribution in [0.5, 0.6) is 0 Å². The molecule has 0 bridgehead atoms. The number of fused-ring (bicyclic) bond motifs is 1. The molecule has 10 atom stereocenters. The van der Waals surface area contributed by atoms with Gasteiger partial charge >= 0.3 is 5.97 Å². The van der Waals surface area contributed by atoms with E-state index in [2.05, 4.69) is 5.48 Å². The molecule has 454 valence electrons. The first kappa shape index (κ1) is 62.3. The van der Waals surface area contributed by atoms with Gasteiger partial charge in [-0.3, -0.25) is 28.9 Å². The van der Waals surface area contributed by atoms with Crippen LogP contribution in [0.3, 0.4) is 0 Å². The zero-order valence-corrected chi connectivity index (χ0v) is 49.0. The first-order valence-electron chi connectivity index (χ1n) is 29.4. The summed E-state index contributed by atoms with van der Waals surface area (Å²) in [7, 11) is 0. The van der Waals surface area contributed by atoms with Gasteiger partial charge in [0, 0.05) is 0 Å². The van der Waals surface area contributed by atoms with Crippen LogP contribution in [0, 0.1) is 0 Å². The van der Waals surface area contributed by atoms with E-state index in [1.165, 1.54) is 0 Å². The van der Waals surface area contributed by atoms with Gasteiger partial charge in [-0.05, 0) is 66.3 Å². The number of hydrogen-bond donors (Lipinski definition) is 1. The molecule has 0 radical (unpaired) electrons. The molecule has 3 amide bonds. The van der Waals surface area contributed by atoms with Crippen LogP contribution in [0.1, 0.15) is 87.7 Å². The largest absolute Gasteiger partial charge is 0.460 e. The lowest BCUT2D eigenvalue weighted by molar-refractivity contribution is -0.280. The molecule has 1 N–H and O–H groups in total. The van der Waals surface area contributed by atoms with Crippen LogP contribution in [-0.2, 0) is 102 Å². The minimum Gasteiger partial charge on any atom is -0.460 e. The van der Waals surface area contributed by atoms with Gasteiger partial charge in [0.25, 0.3) is 11.8 Å². The van der Waals surface area contributed by atoms with Crippen molar-refractivity contribution in [2.75, 3.05) is 13.2 Å². The van der Waals surface area contributed by atoms with E-state index in [0.717, 1.165) is 38.4 Å². The van der Waals surface area contributed by atoms with Gasteiger partial charge < -0.3 is 42.6 Å². The Morgan fingerprint density at radius 2 is 0.701 bits per heavy atom. The molecular weight excluding hydrogens is 1110 g/mol. The highest BCUT2D eigenvalue weighted by Crippen LogP contribution is 2.36. The van der Waals surface area contributed by atoms with Crippen LogP contribution in [0.25, 0.3) is 0 Å². The number of esters is 1. The Kier molecular flexibility index (Phi) is 22.0. The lowest BCUT2D eigenvalue weighted by Crippen LogP contribution is -2.62. The van der Waals surface area contributed by atoms with E-state index in [0.29, 0.717) is 0 Å². The average molecular weight is 1180 g/mol. The fourth-order valence-corrected chi connectivity index (χ4v) is 10.8. The maximum atomic E-state index is 14.7. The van der Waals surface area contributed by atoms with E-state index in [-0.39, 0.29) is 76.8 Å². The fraction of sp³-hybridized carbons (Fsp3) is 0.343. The number of rotatable bonds is 28. The minimum atomic E-state index is -1.07. The normalized spacial score (nSPS) is 22.8. The Morgan fingerprint density at radius 1 is 0.402 bits per heavy atom. The first-order chi connectivity index (χ1) is 42.4. The number of carbonyl (C=O) groups is 4. The number of amides is 3. The molecule has 0 saturated carbocycles. The van der Waals surface area contributed by atoms with Gasteiger partial charge in [-0.1, -0.05) is 194 Å². The van der Waals surface area contributed by atoms with Crippen molar-refractivity contribution in [3.05, 3.63) is 251 Å². The molecule has 3 aliphatic rings. The van der Waals surface area contributed by atoms with E-state index in [1.807, 2.05) is 182 Å². The Labute approximate surface area is 507 Å². The summed E-state index contributed by atoms with van der Waals surface area (Å²) in [6.07, 6.45) is -10.1.